The van der Waals surface area contributed by atoms with Crippen molar-refractivity contribution in [3.63, 3.8) is 0 Å². The molecule has 1 unspecified atom stereocenters. The van der Waals surface area contributed by atoms with Crippen molar-refractivity contribution >= 4 is 12.1 Å². The predicted molar refractivity (Wildman–Crippen MR) is 65.0 cm³/mol. The molecule has 5 heteroatoms. The molecule has 1 N–H and O–H groups in total. The van der Waals surface area contributed by atoms with Crippen LogP contribution in [0.3, 0.4) is 0 Å². The second-order valence-electron chi connectivity index (χ2n) is 5.21. The lowest BCUT2D eigenvalue weighted by molar-refractivity contribution is -0.149. The highest BCUT2D eigenvalue weighted by atomic mass is 16.6. The molecule has 0 aromatic heterocycles. The number of carbonyl (C=O) groups is 2. The summed E-state index contributed by atoms with van der Waals surface area (Å²) in [6.45, 7) is 3.20. The number of rotatable bonds is 4. The molecule has 0 radical (unpaired) electrons. The quantitative estimate of drug-likeness (QED) is 0.616. The molecule has 1 aliphatic carbocycles. The van der Waals surface area contributed by atoms with E-state index in [1.165, 1.54) is 0 Å². The maximum atomic E-state index is 11.8. The van der Waals surface area contributed by atoms with Crippen molar-refractivity contribution in [2.75, 3.05) is 13.2 Å². The average molecular weight is 255 g/mol. The van der Waals surface area contributed by atoms with Gasteiger partial charge in [0.2, 0.25) is 0 Å². The minimum atomic E-state index is -0.420. The molecule has 1 saturated heterocycles. The molecule has 2 fully saturated rings. The first-order chi connectivity index (χ1) is 8.65. The summed E-state index contributed by atoms with van der Waals surface area (Å²) in [6.07, 6.45) is 4.50. The van der Waals surface area contributed by atoms with E-state index in [0.717, 1.165) is 32.1 Å². The van der Waals surface area contributed by atoms with Crippen LogP contribution in [0.15, 0.2) is 0 Å². The number of nitrogens with one attached hydrogen (secondary N) is 1. The molecule has 2 aliphatic rings. The van der Waals surface area contributed by atoms with Crippen molar-refractivity contribution in [3.8, 4) is 0 Å². The number of unbranched alkanes of at least 4 members (excludes halogenated alkanes) is 1. The molecule has 2 atom stereocenters. The van der Waals surface area contributed by atoms with Crippen LogP contribution < -0.4 is 5.32 Å². The number of esters is 1. The lowest BCUT2D eigenvalue weighted by Crippen LogP contribution is -2.46. The highest BCUT2D eigenvalue weighted by molar-refractivity contribution is 5.73. The Hall–Kier alpha value is -1.26. The molecule has 0 aromatic carbocycles. The number of ether oxygens (including phenoxy) is 2. The van der Waals surface area contributed by atoms with Gasteiger partial charge in [-0.25, -0.2) is 4.79 Å². The Bertz CT molecular complexity index is 331. The van der Waals surface area contributed by atoms with Crippen LogP contribution >= 0.6 is 0 Å². The van der Waals surface area contributed by atoms with Crippen molar-refractivity contribution in [2.45, 2.75) is 51.0 Å². The van der Waals surface area contributed by atoms with Crippen LogP contribution in [0.25, 0.3) is 0 Å². The molecule has 102 valence electrons. The third-order valence-corrected chi connectivity index (χ3v) is 3.80. The van der Waals surface area contributed by atoms with Crippen LogP contribution in [0, 0.1) is 5.92 Å². The molecular formula is C13H21NO4. The molecule has 1 aliphatic heterocycles. The topological polar surface area (TPSA) is 64.6 Å². The summed E-state index contributed by atoms with van der Waals surface area (Å²) in [4.78, 5) is 23.1. The third-order valence-electron chi connectivity index (χ3n) is 3.80. The first kappa shape index (κ1) is 13.2. The summed E-state index contributed by atoms with van der Waals surface area (Å²) in [5.41, 5.74) is -0.420. The van der Waals surface area contributed by atoms with Gasteiger partial charge in [-0.05, 0) is 19.3 Å². The van der Waals surface area contributed by atoms with Crippen LogP contribution in [0.1, 0.15) is 45.4 Å². The van der Waals surface area contributed by atoms with Gasteiger partial charge in [-0.3, -0.25) is 4.79 Å². The van der Waals surface area contributed by atoms with Crippen LogP contribution in [-0.4, -0.2) is 30.8 Å². The maximum Gasteiger partial charge on any atom is 0.407 e. The molecule has 5 nitrogen and oxygen atoms in total. The van der Waals surface area contributed by atoms with Crippen LogP contribution in [0.4, 0.5) is 4.79 Å². The van der Waals surface area contributed by atoms with Gasteiger partial charge in [-0.15, -0.1) is 0 Å². The van der Waals surface area contributed by atoms with E-state index in [9.17, 15) is 9.59 Å². The zero-order chi connectivity index (χ0) is 13.0. The Labute approximate surface area is 107 Å². The Balaban J connectivity index is 1.83. The minimum Gasteiger partial charge on any atom is -0.465 e. The van der Waals surface area contributed by atoms with E-state index in [4.69, 9.17) is 9.47 Å². The summed E-state index contributed by atoms with van der Waals surface area (Å²) < 4.78 is 10.6. The summed E-state index contributed by atoms with van der Waals surface area (Å²) in [7, 11) is 0. The van der Waals surface area contributed by atoms with Gasteiger partial charge >= 0.3 is 12.1 Å². The SMILES string of the molecule is CCCCOC(=O)[C@@H]1CCC2(CCNC(=O)O2)C1. The number of hydrogen-bond acceptors (Lipinski definition) is 4. The second kappa shape index (κ2) is 5.59. The fraction of sp³-hybridized carbons (Fsp3) is 0.846. The zero-order valence-corrected chi connectivity index (χ0v) is 10.9. The predicted octanol–water partition coefficient (Wildman–Crippen LogP) is 2.00. The van der Waals surface area contributed by atoms with E-state index in [0.29, 0.717) is 19.6 Å². The fourth-order valence-electron chi connectivity index (χ4n) is 2.72. The first-order valence-electron chi connectivity index (χ1n) is 6.79. The average Bonchev–Trinajstić information content (AvgIpc) is 2.73. The van der Waals surface area contributed by atoms with E-state index in [2.05, 4.69) is 12.2 Å². The lowest BCUT2D eigenvalue weighted by Gasteiger charge is -2.33. The smallest absolute Gasteiger partial charge is 0.407 e. The normalized spacial score (nSPS) is 30.9. The minimum absolute atomic E-state index is 0.104. The second-order valence-corrected chi connectivity index (χ2v) is 5.21. The van der Waals surface area contributed by atoms with E-state index in [-0.39, 0.29) is 18.0 Å². The highest BCUT2D eigenvalue weighted by Gasteiger charge is 2.46. The van der Waals surface area contributed by atoms with Crippen molar-refractivity contribution in [3.05, 3.63) is 0 Å². The number of alkyl carbamates (subject to hydrolysis) is 1. The van der Waals surface area contributed by atoms with E-state index in [1.807, 2.05) is 0 Å². The monoisotopic (exact) mass is 255 g/mol. The van der Waals surface area contributed by atoms with Gasteiger partial charge in [0.05, 0.1) is 12.5 Å². The molecular weight excluding hydrogens is 234 g/mol. The summed E-state index contributed by atoms with van der Waals surface area (Å²) >= 11 is 0. The molecule has 1 amide bonds. The van der Waals surface area contributed by atoms with Gasteiger partial charge < -0.3 is 14.8 Å². The Morgan fingerprint density at radius 2 is 2.39 bits per heavy atom. The first-order valence-corrected chi connectivity index (χ1v) is 6.79. The van der Waals surface area contributed by atoms with E-state index >= 15 is 0 Å². The molecule has 0 bridgehead atoms. The summed E-state index contributed by atoms with van der Waals surface area (Å²) in [6, 6.07) is 0. The molecule has 1 heterocycles. The van der Waals surface area contributed by atoms with Crippen molar-refractivity contribution in [1.29, 1.82) is 0 Å². The van der Waals surface area contributed by atoms with E-state index in [1.54, 1.807) is 0 Å². The van der Waals surface area contributed by atoms with Crippen LogP contribution in [0.5, 0.6) is 0 Å². The number of amides is 1. The molecule has 18 heavy (non-hydrogen) atoms. The Kier molecular flexibility index (Phi) is 4.09. The van der Waals surface area contributed by atoms with Gasteiger partial charge in [0.25, 0.3) is 0 Å². The van der Waals surface area contributed by atoms with Crippen molar-refractivity contribution < 1.29 is 19.1 Å². The number of hydrogen-bond donors (Lipinski definition) is 1. The van der Waals surface area contributed by atoms with Gasteiger partial charge in [-0.1, -0.05) is 13.3 Å². The van der Waals surface area contributed by atoms with Crippen molar-refractivity contribution in [1.82, 2.24) is 5.32 Å². The third kappa shape index (κ3) is 2.94. The summed E-state index contributed by atoms with van der Waals surface area (Å²) in [5.74, 6) is -0.234. The van der Waals surface area contributed by atoms with Crippen molar-refractivity contribution in [2.24, 2.45) is 5.92 Å². The molecule has 1 spiro atoms. The summed E-state index contributed by atoms with van der Waals surface area (Å²) in [5, 5.41) is 2.64. The standard InChI is InChI=1S/C13H21NO4/c1-2-3-8-17-11(15)10-4-5-13(9-10)6-7-14-12(16)18-13/h10H,2-9H2,1H3,(H,14,16)/t10-,13?/m1/s1. The Morgan fingerprint density at radius 3 is 3.11 bits per heavy atom. The highest BCUT2D eigenvalue weighted by Crippen LogP contribution is 2.41. The van der Waals surface area contributed by atoms with Crippen LogP contribution in [0.2, 0.25) is 0 Å². The van der Waals surface area contributed by atoms with Crippen LogP contribution in [-0.2, 0) is 14.3 Å². The molecule has 1 saturated carbocycles. The van der Waals surface area contributed by atoms with Gasteiger partial charge in [0.15, 0.2) is 0 Å². The fourth-order valence-corrected chi connectivity index (χ4v) is 2.72. The zero-order valence-electron chi connectivity index (χ0n) is 10.9. The van der Waals surface area contributed by atoms with Gasteiger partial charge in [0, 0.05) is 19.4 Å². The van der Waals surface area contributed by atoms with Gasteiger partial charge in [0.1, 0.15) is 5.60 Å². The Morgan fingerprint density at radius 1 is 1.56 bits per heavy atom. The maximum absolute atomic E-state index is 11.8. The molecule has 2 rings (SSSR count). The van der Waals surface area contributed by atoms with E-state index < -0.39 is 5.60 Å². The largest absolute Gasteiger partial charge is 0.465 e. The lowest BCUT2D eigenvalue weighted by atomic mass is 9.95. The molecule has 0 aromatic rings. The van der Waals surface area contributed by atoms with Gasteiger partial charge in [-0.2, -0.15) is 0 Å². The number of carbonyl (C=O) groups excluding carboxylic acids is 2.